The molecule has 0 aliphatic carbocycles. The van der Waals surface area contributed by atoms with Crippen LogP contribution in [-0.4, -0.2) is 30.4 Å². The molecule has 0 radical (unpaired) electrons. The van der Waals surface area contributed by atoms with Crippen LogP contribution in [0.25, 0.3) is 10.8 Å². The molecule has 0 aliphatic heterocycles. The first-order valence-corrected chi connectivity index (χ1v) is 10.1. The van der Waals surface area contributed by atoms with Crippen LogP contribution in [0.4, 0.5) is 5.69 Å². The topological polar surface area (TPSA) is 84.5 Å². The number of carbonyl (C=O) groups excluding carboxylic acids is 3. The lowest BCUT2D eigenvalue weighted by Crippen LogP contribution is -2.36. The number of ether oxygens (including phenoxy) is 1. The molecule has 0 heterocycles. The fourth-order valence-electron chi connectivity index (χ4n) is 3.38. The Kier molecular flexibility index (Phi) is 7.03. The molecule has 3 rings (SSSR count). The Hall–Kier alpha value is -3.67. The van der Waals surface area contributed by atoms with E-state index in [4.69, 9.17) is 4.74 Å². The van der Waals surface area contributed by atoms with Crippen LogP contribution in [0.1, 0.15) is 23.6 Å². The van der Waals surface area contributed by atoms with E-state index in [1.54, 1.807) is 0 Å². The number of para-hydroxylation sites is 1. The molecule has 31 heavy (non-hydrogen) atoms. The van der Waals surface area contributed by atoms with Crippen molar-refractivity contribution in [2.24, 2.45) is 0 Å². The summed E-state index contributed by atoms with van der Waals surface area (Å²) in [6, 6.07) is 19.3. The van der Waals surface area contributed by atoms with Gasteiger partial charge >= 0.3 is 5.97 Å². The maximum Gasteiger partial charge on any atom is 0.326 e. The number of amides is 2. The van der Waals surface area contributed by atoms with E-state index in [0.29, 0.717) is 5.69 Å². The minimum Gasteiger partial charge on any atom is -0.451 e. The standard InChI is InChI=1S/C25H26N2O4/c1-16-8-6-9-17(2)24(16)27-25(30)18(3)31-23(29)15-26-22(28)14-20-12-7-11-19-10-4-5-13-21(19)20/h4-13,18H,14-15H2,1-3H3,(H,26,28)(H,27,30)/t18-/m1/s1. The van der Waals surface area contributed by atoms with E-state index in [9.17, 15) is 14.4 Å². The zero-order valence-electron chi connectivity index (χ0n) is 17.9. The van der Waals surface area contributed by atoms with E-state index in [0.717, 1.165) is 27.5 Å². The molecule has 6 heteroatoms. The summed E-state index contributed by atoms with van der Waals surface area (Å²) in [4.78, 5) is 36.8. The van der Waals surface area contributed by atoms with Gasteiger partial charge in [-0.2, -0.15) is 0 Å². The van der Waals surface area contributed by atoms with Crippen molar-refractivity contribution in [2.45, 2.75) is 33.3 Å². The summed E-state index contributed by atoms with van der Waals surface area (Å²) in [5, 5.41) is 7.41. The van der Waals surface area contributed by atoms with Crippen LogP contribution in [0.3, 0.4) is 0 Å². The van der Waals surface area contributed by atoms with Crippen molar-refractivity contribution in [3.05, 3.63) is 77.4 Å². The van der Waals surface area contributed by atoms with Gasteiger partial charge in [-0.15, -0.1) is 0 Å². The highest BCUT2D eigenvalue weighted by molar-refractivity contribution is 5.96. The molecule has 0 saturated carbocycles. The highest BCUT2D eigenvalue weighted by Crippen LogP contribution is 2.20. The van der Waals surface area contributed by atoms with Gasteiger partial charge in [-0.1, -0.05) is 60.7 Å². The van der Waals surface area contributed by atoms with Crippen molar-refractivity contribution in [2.75, 3.05) is 11.9 Å². The van der Waals surface area contributed by atoms with Gasteiger partial charge in [0, 0.05) is 5.69 Å². The van der Waals surface area contributed by atoms with Crippen molar-refractivity contribution in [1.82, 2.24) is 5.32 Å². The van der Waals surface area contributed by atoms with Crippen molar-refractivity contribution in [1.29, 1.82) is 0 Å². The smallest absolute Gasteiger partial charge is 0.326 e. The first-order valence-electron chi connectivity index (χ1n) is 10.1. The first kappa shape index (κ1) is 22.0. The summed E-state index contributed by atoms with van der Waals surface area (Å²) in [6.07, 6.45) is -0.835. The maximum atomic E-state index is 12.4. The van der Waals surface area contributed by atoms with E-state index in [-0.39, 0.29) is 18.9 Å². The molecule has 0 spiro atoms. The maximum absolute atomic E-state index is 12.4. The van der Waals surface area contributed by atoms with Crippen LogP contribution < -0.4 is 10.6 Å². The number of rotatable bonds is 7. The van der Waals surface area contributed by atoms with Crippen LogP contribution in [0, 0.1) is 13.8 Å². The van der Waals surface area contributed by atoms with Crippen molar-refractivity contribution < 1.29 is 19.1 Å². The molecule has 0 aliphatic rings. The molecule has 0 unspecified atom stereocenters. The molecule has 0 saturated heterocycles. The van der Waals surface area contributed by atoms with Crippen LogP contribution in [0.15, 0.2) is 60.7 Å². The second-order valence-corrected chi connectivity index (χ2v) is 7.48. The highest BCUT2D eigenvalue weighted by Gasteiger charge is 2.19. The number of anilines is 1. The van der Waals surface area contributed by atoms with E-state index in [2.05, 4.69) is 10.6 Å². The van der Waals surface area contributed by atoms with E-state index in [1.807, 2.05) is 74.5 Å². The monoisotopic (exact) mass is 418 g/mol. The van der Waals surface area contributed by atoms with Gasteiger partial charge in [0.2, 0.25) is 5.91 Å². The third-order valence-corrected chi connectivity index (χ3v) is 5.07. The quantitative estimate of drug-likeness (QED) is 0.573. The van der Waals surface area contributed by atoms with Crippen molar-refractivity contribution >= 4 is 34.2 Å². The summed E-state index contributed by atoms with van der Waals surface area (Å²) in [5.41, 5.74) is 3.43. The average Bonchev–Trinajstić information content (AvgIpc) is 2.75. The van der Waals surface area contributed by atoms with Gasteiger partial charge in [-0.05, 0) is 48.2 Å². The summed E-state index contributed by atoms with van der Waals surface area (Å²) in [6.45, 7) is 4.99. The lowest BCUT2D eigenvalue weighted by atomic mass is 10.0. The van der Waals surface area contributed by atoms with Crippen molar-refractivity contribution in [3.8, 4) is 0 Å². The molecule has 3 aromatic carbocycles. The summed E-state index contributed by atoms with van der Waals surface area (Å²) < 4.78 is 5.17. The summed E-state index contributed by atoms with van der Waals surface area (Å²) >= 11 is 0. The zero-order valence-corrected chi connectivity index (χ0v) is 17.9. The van der Waals surface area contributed by atoms with Crippen LogP contribution >= 0.6 is 0 Å². The summed E-state index contributed by atoms with van der Waals surface area (Å²) in [7, 11) is 0. The van der Waals surface area contributed by atoms with Gasteiger partial charge in [-0.3, -0.25) is 14.4 Å². The predicted octanol–water partition coefficient (Wildman–Crippen LogP) is 3.69. The zero-order chi connectivity index (χ0) is 22.4. The van der Waals surface area contributed by atoms with Gasteiger partial charge < -0.3 is 15.4 Å². The number of aryl methyl sites for hydroxylation is 2. The normalized spacial score (nSPS) is 11.6. The van der Waals surface area contributed by atoms with Gasteiger partial charge in [0.15, 0.2) is 6.10 Å². The lowest BCUT2D eigenvalue weighted by Gasteiger charge is -2.16. The SMILES string of the molecule is Cc1cccc(C)c1NC(=O)[C@@H](C)OC(=O)CNC(=O)Cc1cccc2ccccc12. The Bertz CT molecular complexity index is 1100. The predicted molar refractivity (Wildman–Crippen MR) is 121 cm³/mol. The van der Waals surface area contributed by atoms with Gasteiger partial charge in [-0.25, -0.2) is 0 Å². The Morgan fingerprint density at radius 1 is 0.903 bits per heavy atom. The van der Waals surface area contributed by atoms with E-state index >= 15 is 0 Å². The highest BCUT2D eigenvalue weighted by atomic mass is 16.5. The van der Waals surface area contributed by atoms with Crippen molar-refractivity contribution in [3.63, 3.8) is 0 Å². The number of esters is 1. The Labute approximate surface area is 181 Å². The molecular weight excluding hydrogens is 392 g/mol. The van der Waals surface area contributed by atoms with Crippen LogP contribution in [0.2, 0.25) is 0 Å². The van der Waals surface area contributed by atoms with E-state index < -0.39 is 18.0 Å². The fraction of sp³-hybridized carbons (Fsp3) is 0.240. The number of nitrogens with one attached hydrogen (secondary N) is 2. The minimum atomic E-state index is -0.985. The molecular formula is C25H26N2O4. The number of benzene rings is 3. The number of carbonyl (C=O) groups is 3. The van der Waals surface area contributed by atoms with Crippen LogP contribution in [0.5, 0.6) is 0 Å². The number of hydrogen-bond acceptors (Lipinski definition) is 4. The second-order valence-electron chi connectivity index (χ2n) is 7.48. The molecule has 2 N–H and O–H groups in total. The fourth-order valence-corrected chi connectivity index (χ4v) is 3.38. The molecule has 6 nitrogen and oxygen atoms in total. The lowest BCUT2D eigenvalue weighted by molar-refractivity contribution is -0.152. The minimum absolute atomic E-state index is 0.150. The molecule has 2 amide bonds. The molecule has 0 bridgehead atoms. The Morgan fingerprint density at radius 3 is 2.29 bits per heavy atom. The van der Waals surface area contributed by atoms with Gasteiger partial charge in [0.25, 0.3) is 5.91 Å². The molecule has 160 valence electrons. The van der Waals surface area contributed by atoms with E-state index in [1.165, 1.54) is 6.92 Å². The molecule has 1 atom stereocenters. The Morgan fingerprint density at radius 2 is 1.55 bits per heavy atom. The molecule has 3 aromatic rings. The third-order valence-electron chi connectivity index (χ3n) is 5.07. The van der Waals surface area contributed by atoms with Crippen LogP contribution in [-0.2, 0) is 25.5 Å². The largest absolute Gasteiger partial charge is 0.451 e. The average molecular weight is 418 g/mol. The number of hydrogen-bond donors (Lipinski definition) is 2. The third kappa shape index (κ3) is 5.69. The molecule has 0 fully saturated rings. The molecule has 0 aromatic heterocycles. The number of fused-ring (bicyclic) bond motifs is 1. The summed E-state index contributed by atoms with van der Waals surface area (Å²) in [5.74, 6) is -1.39. The first-order chi connectivity index (χ1) is 14.8. The second kappa shape index (κ2) is 9.89. The van der Waals surface area contributed by atoms with Gasteiger partial charge in [0.05, 0.1) is 6.42 Å². The van der Waals surface area contributed by atoms with Gasteiger partial charge in [0.1, 0.15) is 6.54 Å². The Balaban J connectivity index is 1.50.